The average Bonchev–Trinajstić information content (AvgIpc) is 1.95. The number of halogens is 1. The molecule has 0 spiro atoms. The van der Waals surface area contributed by atoms with Crippen LogP contribution in [0.3, 0.4) is 0 Å². The number of aromatic nitrogens is 1. The van der Waals surface area contributed by atoms with Crippen LogP contribution in [0.2, 0.25) is 5.15 Å². The predicted molar refractivity (Wildman–Crippen MR) is 48.4 cm³/mol. The summed E-state index contributed by atoms with van der Waals surface area (Å²) in [5.41, 5.74) is 6.30. The minimum atomic E-state index is 0.447. The van der Waals surface area contributed by atoms with Crippen LogP contribution < -0.4 is 5.73 Å². The highest BCUT2D eigenvalue weighted by molar-refractivity contribution is 6.30. The van der Waals surface area contributed by atoms with Crippen molar-refractivity contribution in [3.63, 3.8) is 0 Å². The van der Waals surface area contributed by atoms with Crippen LogP contribution in [0.4, 0.5) is 5.82 Å². The van der Waals surface area contributed by atoms with Gasteiger partial charge in [-0.2, -0.15) is 0 Å². The number of nitrogen functional groups attached to an aromatic ring is 1. The van der Waals surface area contributed by atoms with Crippen LogP contribution in [0.1, 0.15) is 12.5 Å². The van der Waals surface area contributed by atoms with E-state index in [0.717, 1.165) is 5.56 Å². The van der Waals surface area contributed by atoms with Crippen LogP contribution in [-0.2, 0) is 0 Å². The molecular weight excluding hydrogens is 160 g/mol. The third-order valence-corrected chi connectivity index (χ3v) is 1.55. The summed E-state index contributed by atoms with van der Waals surface area (Å²) in [5, 5.41) is 0.447. The van der Waals surface area contributed by atoms with Gasteiger partial charge in [0.05, 0.1) is 0 Å². The number of allylic oxidation sites excluding steroid dienone is 1. The Hall–Kier alpha value is -1.02. The number of nitrogens with two attached hydrogens (primary N) is 1. The molecule has 1 aromatic rings. The Labute approximate surface area is 70.7 Å². The number of hydrogen-bond donors (Lipinski definition) is 1. The lowest BCUT2D eigenvalue weighted by atomic mass is 10.2. The summed E-state index contributed by atoms with van der Waals surface area (Å²) in [4.78, 5) is 3.88. The molecule has 0 unspecified atom stereocenters. The fourth-order valence-corrected chi connectivity index (χ4v) is 0.987. The van der Waals surface area contributed by atoms with E-state index in [1.54, 1.807) is 6.07 Å². The SMILES string of the molecule is C/C=C/c1ccc(N)nc1Cl. The maximum absolute atomic E-state index is 5.77. The highest BCUT2D eigenvalue weighted by Crippen LogP contribution is 2.15. The fourth-order valence-electron chi connectivity index (χ4n) is 0.763. The largest absolute Gasteiger partial charge is 0.384 e. The first-order valence-electron chi connectivity index (χ1n) is 3.28. The molecule has 0 fully saturated rings. The van der Waals surface area contributed by atoms with E-state index in [4.69, 9.17) is 17.3 Å². The van der Waals surface area contributed by atoms with Crippen molar-refractivity contribution in [2.24, 2.45) is 0 Å². The van der Waals surface area contributed by atoms with E-state index in [9.17, 15) is 0 Å². The Morgan fingerprint density at radius 1 is 1.55 bits per heavy atom. The highest BCUT2D eigenvalue weighted by atomic mass is 35.5. The van der Waals surface area contributed by atoms with Gasteiger partial charge in [0, 0.05) is 5.56 Å². The zero-order valence-corrected chi connectivity index (χ0v) is 6.97. The van der Waals surface area contributed by atoms with Crippen molar-refractivity contribution in [1.82, 2.24) is 4.98 Å². The molecule has 0 radical (unpaired) electrons. The third-order valence-electron chi connectivity index (χ3n) is 1.25. The van der Waals surface area contributed by atoms with E-state index in [2.05, 4.69) is 4.98 Å². The first kappa shape index (κ1) is 8.08. The molecule has 2 N–H and O–H groups in total. The lowest BCUT2D eigenvalue weighted by molar-refractivity contribution is 1.32. The average molecular weight is 169 g/mol. The summed E-state index contributed by atoms with van der Waals surface area (Å²) in [5.74, 6) is 0.447. The van der Waals surface area contributed by atoms with Crippen LogP contribution in [0.15, 0.2) is 18.2 Å². The maximum atomic E-state index is 5.77. The van der Waals surface area contributed by atoms with E-state index >= 15 is 0 Å². The highest BCUT2D eigenvalue weighted by Gasteiger charge is 1.96. The minimum Gasteiger partial charge on any atom is -0.384 e. The summed E-state index contributed by atoms with van der Waals surface area (Å²) < 4.78 is 0. The topological polar surface area (TPSA) is 38.9 Å². The Balaban J connectivity index is 3.09. The molecule has 0 aromatic carbocycles. The molecule has 1 aromatic heterocycles. The molecule has 3 heteroatoms. The van der Waals surface area contributed by atoms with Gasteiger partial charge in [-0.3, -0.25) is 0 Å². The second-order valence-electron chi connectivity index (χ2n) is 2.12. The molecule has 2 nitrogen and oxygen atoms in total. The quantitative estimate of drug-likeness (QED) is 0.654. The van der Waals surface area contributed by atoms with E-state index in [1.165, 1.54) is 0 Å². The Bertz CT molecular complexity index is 281. The molecule has 1 heterocycles. The molecule has 0 amide bonds. The van der Waals surface area contributed by atoms with E-state index in [0.29, 0.717) is 11.0 Å². The predicted octanol–water partition coefficient (Wildman–Crippen LogP) is 2.35. The Morgan fingerprint density at radius 2 is 2.27 bits per heavy atom. The molecular formula is C8H9ClN2. The summed E-state index contributed by atoms with van der Waals surface area (Å²) >= 11 is 5.77. The molecule has 0 atom stereocenters. The van der Waals surface area contributed by atoms with Crippen LogP contribution >= 0.6 is 11.6 Å². The second kappa shape index (κ2) is 3.39. The second-order valence-corrected chi connectivity index (χ2v) is 2.47. The van der Waals surface area contributed by atoms with Gasteiger partial charge in [-0.05, 0) is 19.1 Å². The van der Waals surface area contributed by atoms with Crippen molar-refractivity contribution >= 4 is 23.5 Å². The lowest BCUT2D eigenvalue weighted by Gasteiger charge is -1.97. The summed E-state index contributed by atoms with van der Waals surface area (Å²) in [6.07, 6.45) is 3.79. The molecule has 0 bridgehead atoms. The number of anilines is 1. The number of nitrogens with zero attached hydrogens (tertiary/aromatic N) is 1. The fraction of sp³-hybridized carbons (Fsp3) is 0.125. The summed E-state index contributed by atoms with van der Waals surface area (Å²) in [6.45, 7) is 1.92. The van der Waals surface area contributed by atoms with Crippen molar-refractivity contribution in [3.8, 4) is 0 Å². The van der Waals surface area contributed by atoms with Gasteiger partial charge in [-0.15, -0.1) is 0 Å². The molecule has 0 aliphatic heterocycles. The lowest BCUT2D eigenvalue weighted by Crippen LogP contribution is -1.90. The zero-order valence-electron chi connectivity index (χ0n) is 6.21. The van der Waals surface area contributed by atoms with E-state index < -0.39 is 0 Å². The van der Waals surface area contributed by atoms with Crippen molar-refractivity contribution in [1.29, 1.82) is 0 Å². The van der Waals surface area contributed by atoms with Gasteiger partial charge in [0.2, 0.25) is 0 Å². The van der Waals surface area contributed by atoms with Gasteiger partial charge in [-0.25, -0.2) is 4.98 Å². The molecule has 58 valence electrons. The van der Waals surface area contributed by atoms with Gasteiger partial charge < -0.3 is 5.73 Å². The number of rotatable bonds is 1. The van der Waals surface area contributed by atoms with Gasteiger partial charge >= 0.3 is 0 Å². The first-order valence-corrected chi connectivity index (χ1v) is 3.66. The Morgan fingerprint density at radius 3 is 2.82 bits per heavy atom. The first-order chi connectivity index (χ1) is 5.24. The Kier molecular flexibility index (Phi) is 2.49. The van der Waals surface area contributed by atoms with Crippen molar-refractivity contribution < 1.29 is 0 Å². The molecule has 0 saturated carbocycles. The molecule has 11 heavy (non-hydrogen) atoms. The molecule has 1 rings (SSSR count). The van der Waals surface area contributed by atoms with Crippen molar-refractivity contribution in [3.05, 3.63) is 28.9 Å². The zero-order chi connectivity index (χ0) is 8.27. The summed E-state index contributed by atoms with van der Waals surface area (Å²) in [7, 11) is 0. The van der Waals surface area contributed by atoms with Crippen molar-refractivity contribution in [2.45, 2.75) is 6.92 Å². The van der Waals surface area contributed by atoms with Crippen LogP contribution in [-0.4, -0.2) is 4.98 Å². The van der Waals surface area contributed by atoms with Gasteiger partial charge in [-0.1, -0.05) is 23.8 Å². The third kappa shape index (κ3) is 1.95. The van der Waals surface area contributed by atoms with E-state index in [-0.39, 0.29) is 0 Å². The van der Waals surface area contributed by atoms with Crippen molar-refractivity contribution in [2.75, 3.05) is 5.73 Å². The summed E-state index contributed by atoms with van der Waals surface area (Å²) in [6, 6.07) is 3.56. The monoisotopic (exact) mass is 168 g/mol. The molecule has 0 aliphatic rings. The number of pyridine rings is 1. The van der Waals surface area contributed by atoms with Crippen LogP contribution in [0, 0.1) is 0 Å². The van der Waals surface area contributed by atoms with Gasteiger partial charge in [0.25, 0.3) is 0 Å². The normalized spacial score (nSPS) is 10.7. The van der Waals surface area contributed by atoms with Gasteiger partial charge in [0.1, 0.15) is 11.0 Å². The van der Waals surface area contributed by atoms with E-state index in [1.807, 2.05) is 25.1 Å². The number of hydrogen-bond acceptors (Lipinski definition) is 2. The molecule has 0 aliphatic carbocycles. The smallest absolute Gasteiger partial charge is 0.138 e. The standard InChI is InChI=1S/C8H9ClN2/c1-2-3-6-4-5-7(10)11-8(6)9/h2-5H,1H3,(H2,10,11)/b3-2+. The minimum absolute atomic E-state index is 0.447. The maximum Gasteiger partial charge on any atom is 0.138 e. The molecule has 0 saturated heterocycles. The van der Waals surface area contributed by atoms with Crippen LogP contribution in [0.5, 0.6) is 0 Å². The van der Waals surface area contributed by atoms with Gasteiger partial charge in [0.15, 0.2) is 0 Å². The van der Waals surface area contributed by atoms with Crippen LogP contribution in [0.25, 0.3) is 6.08 Å².